The summed E-state index contributed by atoms with van der Waals surface area (Å²) in [5.41, 5.74) is 2.34. The molecule has 188 valence electrons. The van der Waals surface area contributed by atoms with Crippen molar-refractivity contribution in [3.05, 3.63) is 11.6 Å². The third-order valence-electron chi connectivity index (χ3n) is 13.2. The van der Waals surface area contributed by atoms with Crippen molar-refractivity contribution in [1.82, 2.24) is 0 Å². The summed E-state index contributed by atoms with van der Waals surface area (Å²) in [4.78, 5) is 0. The van der Waals surface area contributed by atoms with Crippen LogP contribution in [0.25, 0.3) is 0 Å². The van der Waals surface area contributed by atoms with Gasteiger partial charge in [0.25, 0.3) is 0 Å². The molecule has 0 aliphatic heterocycles. The maximum atomic E-state index is 10.9. The van der Waals surface area contributed by atoms with Crippen LogP contribution >= 0.6 is 0 Å². The molecule has 4 fully saturated rings. The van der Waals surface area contributed by atoms with Crippen molar-refractivity contribution in [3.8, 4) is 0 Å². The average molecular weight is 459 g/mol. The maximum Gasteiger partial charge on any atom is 0.0618 e. The minimum Gasteiger partial charge on any atom is -0.396 e. The Morgan fingerprint density at radius 2 is 1.52 bits per heavy atom. The Morgan fingerprint density at radius 1 is 0.818 bits per heavy atom. The largest absolute Gasteiger partial charge is 0.396 e. The van der Waals surface area contributed by atoms with E-state index in [1.807, 2.05) is 0 Å². The predicted molar refractivity (Wildman–Crippen MR) is 134 cm³/mol. The van der Waals surface area contributed by atoms with Gasteiger partial charge in [-0.05, 0) is 104 Å². The van der Waals surface area contributed by atoms with E-state index in [0.717, 1.165) is 32.1 Å². The summed E-state index contributed by atoms with van der Waals surface area (Å²) < 4.78 is 0. The summed E-state index contributed by atoms with van der Waals surface area (Å²) in [6.07, 6.45) is 13.6. The van der Waals surface area contributed by atoms with Crippen molar-refractivity contribution < 1.29 is 15.3 Å². The summed E-state index contributed by atoms with van der Waals surface area (Å²) >= 11 is 0. The quantitative estimate of drug-likeness (QED) is 0.437. The molecule has 3 heteroatoms. The summed E-state index contributed by atoms with van der Waals surface area (Å²) in [6.45, 7) is 15.1. The van der Waals surface area contributed by atoms with Gasteiger partial charge in [-0.2, -0.15) is 0 Å². The highest BCUT2D eigenvalue weighted by Gasteiger charge is 2.68. The molecule has 0 spiro atoms. The van der Waals surface area contributed by atoms with Gasteiger partial charge in [-0.1, -0.05) is 53.2 Å². The highest BCUT2D eigenvalue weighted by atomic mass is 16.3. The number of aliphatic hydroxyl groups excluding tert-OH is 3. The van der Waals surface area contributed by atoms with Crippen LogP contribution < -0.4 is 0 Å². The first kappa shape index (κ1) is 24.3. The molecule has 3 nitrogen and oxygen atoms in total. The van der Waals surface area contributed by atoms with Gasteiger partial charge in [0.15, 0.2) is 0 Å². The van der Waals surface area contributed by atoms with Gasteiger partial charge in [0.1, 0.15) is 0 Å². The Labute approximate surface area is 202 Å². The number of rotatable bonds is 2. The molecule has 0 aromatic heterocycles. The Morgan fingerprint density at radius 3 is 2.18 bits per heavy atom. The molecule has 0 saturated heterocycles. The van der Waals surface area contributed by atoms with Gasteiger partial charge < -0.3 is 15.3 Å². The second-order valence-corrected chi connectivity index (χ2v) is 15.0. The van der Waals surface area contributed by atoms with Crippen molar-refractivity contribution in [2.45, 2.75) is 112 Å². The molecule has 0 radical (unpaired) electrons. The average Bonchev–Trinajstić information content (AvgIpc) is 2.77. The topological polar surface area (TPSA) is 60.7 Å². The van der Waals surface area contributed by atoms with Crippen LogP contribution in [0.5, 0.6) is 0 Å². The van der Waals surface area contributed by atoms with Crippen LogP contribution in [0.4, 0.5) is 0 Å². The Bertz CT molecular complexity index is 832. The zero-order valence-corrected chi connectivity index (χ0v) is 22.2. The van der Waals surface area contributed by atoms with E-state index in [1.54, 1.807) is 5.57 Å². The van der Waals surface area contributed by atoms with Gasteiger partial charge in [-0.3, -0.25) is 0 Å². The second-order valence-electron chi connectivity index (χ2n) is 15.0. The van der Waals surface area contributed by atoms with Crippen molar-refractivity contribution in [2.24, 2.45) is 50.2 Å². The van der Waals surface area contributed by atoms with Crippen molar-refractivity contribution in [2.75, 3.05) is 13.2 Å². The summed E-state index contributed by atoms with van der Waals surface area (Å²) in [6, 6.07) is 0. The minimum absolute atomic E-state index is 0.0897. The van der Waals surface area contributed by atoms with Crippen LogP contribution in [-0.4, -0.2) is 34.6 Å². The van der Waals surface area contributed by atoms with E-state index in [9.17, 15) is 15.3 Å². The van der Waals surface area contributed by atoms with Crippen LogP contribution in [0.15, 0.2) is 11.6 Å². The molecule has 5 aliphatic carbocycles. The molecule has 4 saturated carbocycles. The summed E-state index contributed by atoms with van der Waals surface area (Å²) in [5, 5.41) is 32.0. The third-order valence-corrected chi connectivity index (χ3v) is 13.2. The van der Waals surface area contributed by atoms with Gasteiger partial charge in [-0.15, -0.1) is 0 Å². The number of allylic oxidation sites excluding steroid dienone is 2. The highest BCUT2D eigenvalue weighted by molar-refractivity contribution is 5.33. The lowest BCUT2D eigenvalue weighted by Crippen LogP contribution is -2.65. The monoisotopic (exact) mass is 458 g/mol. The Hall–Kier alpha value is -0.380. The number of aliphatic hydroxyl groups is 3. The van der Waals surface area contributed by atoms with Gasteiger partial charge in [0.2, 0.25) is 0 Å². The molecule has 5 rings (SSSR count). The zero-order valence-electron chi connectivity index (χ0n) is 22.2. The Kier molecular flexibility index (Phi) is 5.40. The first-order valence-electron chi connectivity index (χ1n) is 13.9. The van der Waals surface area contributed by atoms with E-state index >= 15 is 0 Å². The molecule has 5 aliphatic rings. The smallest absolute Gasteiger partial charge is 0.0618 e. The van der Waals surface area contributed by atoms with Crippen LogP contribution in [0, 0.1) is 50.2 Å². The van der Waals surface area contributed by atoms with Crippen LogP contribution in [0.2, 0.25) is 0 Å². The van der Waals surface area contributed by atoms with Crippen molar-refractivity contribution in [1.29, 1.82) is 0 Å². The van der Waals surface area contributed by atoms with Crippen LogP contribution in [0.3, 0.4) is 0 Å². The number of hydrogen-bond acceptors (Lipinski definition) is 3. The van der Waals surface area contributed by atoms with Crippen molar-refractivity contribution >= 4 is 0 Å². The standard InChI is InChI=1S/C30H50O3/c1-25(2)13-15-30(19-32)16-14-28(5)20(21(30)17-25)7-8-23-26(3)11-10-24(33)27(4,18-31)22(26)9-12-29(23,28)6/h7,21-24,31-33H,8-19H2,1-6H3/t21-,22-,23-,24+,26+,27+,28-,29-,30-/m1/s1. The van der Waals surface area contributed by atoms with E-state index in [2.05, 4.69) is 47.6 Å². The van der Waals surface area contributed by atoms with E-state index < -0.39 is 0 Å². The fourth-order valence-corrected chi connectivity index (χ4v) is 10.7. The molecular weight excluding hydrogens is 408 g/mol. The van der Waals surface area contributed by atoms with Gasteiger partial charge >= 0.3 is 0 Å². The highest BCUT2D eigenvalue weighted by Crippen LogP contribution is 2.75. The first-order valence-corrected chi connectivity index (χ1v) is 13.9. The molecule has 0 amide bonds. The number of fused-ring (bicyclic) bond motifs is 7. The third kappa shape index (κ3) is 2.97. The molecule has 3 N–H and O–H groups in total. The fourth-order valence-electron chi connectivity index (χ4n) is 10.7. The maximum absolute atomic E-state index is 10.9. The molecular formula is C30H50O3. The number of hydrogen-bond donors (Lipinski definition) is 3. The van der Waals surface area contributed by atoms with Gasteiger partial charge in [0, 0.05) is 17.4 Å². The molecule has 0 heterocycles. The normalized spacial score (nSPS) is 55.5. The first-order chi connectivity index (χ1) is 15.3. The lowest BCUT2D eigenvalue weighted by Gasteiger charge is -2.71. The molecule has 9 atom stereocenters. The Balaban J connectivity index is 1.58. The minimum atomic E-state index is -0.389. The van der Waals surface area contributed by atoms with Crippen LogP contribution in [0.1, 0.15) is 106 Å². The molecule has 0 aromatic carbocycles. The lowest BCUT2D eigenvalue weighted by atomic mass is 9.33. The molecule has 33 heavy (non-hydrogen) atoms. The van der Waals surface area contributed by atoms with Crippen molar-refractivity contribution in [3.63, 3.8) is 0 Å². The van der Waals surface area contributed by atoms with Gasteiger partial charge in [0.05, 0.1) is 12.7 Å². The molecule has 0 unspecified atom stereocenters. The van der Waals surface area contributed by atoms with E-state index in [0.29, 0.717) is 29.8 Å². The molecule has 0 bridgehead atoms. The van der Waals surface area contributed by atoms with Crippen LogP contribution in [-0.2, 0) is 0 Å². The fraction of sp³-hybridized carbons (Fsp3) is 0.933. The summed E-state index contributed by atoms with van der Waals surface area (Å²) in [5.74, 6) is 1.49. The van der Waals surface area contributed by atoms with E-state index in [4.69, 9.17) is 0 Å². The second kappa shape index (κ2) is 7.32. The van der Waals surface area contributed by atoms with E-state index in [-0.39, 0.29) is 39.8 Å². The summed E-state index contributed by atoms with van der Waals surface area (Å²) in [7, 11) is 0. The zero-order chi connectivity index (χ0) is 24.1. The van der Waals surface area contributed by atoms with E-state index in [1.165, 1.54) is 32.1 Å². The van der Waals surface area contributed by atoms with Gasteiger partial charge in [-0.25, -0.2) is 0 Å². The SMILES string of the molecule is CC1(C)CC[C@]2(CO)CC[C@]3(C)C(=CC[C@@H]4[C@@]5(C)CC[C@H](O)[C@@](C)(CO)[C@@H]5CC[C@]43C)[C@H]2C1. The molecule has 0 aromatic rings. The lowest BCUT2D eigenvalue weighted by molar-refractivity contribution is -0.216. The predicted octanol–water partition coefficient (Wildman–Crippen LogP) is 6.11.